The maximum atomic E-state index is 3.54. The van der Waals surface area contributed by atoms with Gasteiger partial charge in [0.1, 0.15) is 0 Å². The Morgan fingerprint density at radius 2 is 1.45 bits per heavy atom. The molecule has 1 rings (SSSR count). The number of benzene rings is 1. The van der Waals surface area contributed by atoms with Gasteiger partial charge in [0.05, 0.1) is 0 Å². The molecule has 0 fully saturated rings. The highest BCUT2D eigenvalue weighted by atomic mass is 14.1. The van der Waals surface area contributed by atoms with E-state index in [0.717, 1.165) is 0 Å². The molecule has 0 saturated carbocycles. The molecule has 0 spiro atoms. The molecule has 0 bridgehead atoms. The molecule has 0 nitrogen and oxygen atoms in total. The maximum Gasteiger partial charge on any atom is -0.0146 e. The predicted octanol–water partition coefficient (Wildman–Crippen LogP) is 6.29. The zero-order valence-corrected chi connectivity index (χ0v) is 13.9. The highest BCUT2D eigenvalue weighted by Gasteiger charge is 2.08. The van der Waals surface area contributed by atoms with Crippen molar-refractivity contribution in [3.8, 4) is 0 Å². The lowest BCUT2D eigenvalue weighted by molar-refractivity contribution is 0.660. The third kappa shape index (κ3) is 6.11. The smallest absolute Gasteiger partial charge is 0.0146 e. The molecule has 0 aliphatic rings. The Morgan fingerprint density at radius 1 is 0.750 bits per heavy atom. The summed E-state index contributed by atoms with van der Waals surface area (Å²) < 4.78 is 0. The minimum absolute atomic E-state index is 1.24. The Kier molecular flexibility index (Phi) is 9.45. The lowest BCUT2D eigenvalue weighted by Crippen LogP contribution is -2.01. The van der Waals surface area contributed by atoms with Crippen molar-refractivity contribution >= 4 is 0 Å². The molecule has 0 aliphatic heterocycles. The molecule has 113 valence electrons. The van der Waals surface area contributed by atoms with Crippen LogP contribution in [0.15, 0.2) is 12.1 Å². The lowest BCUT2D eigenvalue weighted by atomic mass is 9.91. The molecule has 0 saturated heterocycles. The topological polar surface area (TPSA) is 0 Å². The molecular weight excluding hydrogens is 240 g/mol. The molecule has 0 atom stereocenters. The summed E-state index contributed by atoms with van der Waals surface area (Å²) in [5.74, 6) is 0. The second-order valence-electron chi connectivity index (χ2n) is 5.98. The monoisotopic (exact) mass is 273 g/mol. The van der Waals surface area contributed by atoms with Crippen LogP contribution < -0.4 is 0 Å². The summed E-state index contributed by atoms with van der Waals surface area (Å²) >= 11 is 0. The fraction of sp³-hybridized carbons (Fsp3) is 0.700. The fourth-order valence-electron chi connectivity index (χ4n) is 2.84. The van der Waals surface area contributed by atoms with Crippen molar-refractivity contribution in [2.75, 3.05) is 0 Å². The summed E-state index contributed by atoms with van der Waals surface area (Å²) in [7, 11) is 0. The second-order valence-corrected chi connectivity index (χ2v) is 5.98. The number of aryl methyl sites for hydroxylation is 2. The SMILES string of the molecule is CCCCCCc1[c]ccc(CCCC)c1CCCC. The number of hydrogen-bond acceptors (Lipinski definition) is 0. The van der Waals surface area contributed by atoms with Crippen LogP contribution in [0.3, 0.4) is 0 Å². The number of unbranched alkanes of at least 4 members (excludes halogenated alkanes) is 5. The van der Waals surface area contributed by atoms with E-state index in [1.54, 1.807) is 11.1 Å². The van der Waals surface area contributed by atoms with Crippen LogP contribution in [-0.4, -0.2) is 0 Å². The van der Waals surface area contributed by atoms with Gasteiger partial charge in [-0.25, -0.2) is 0 Å². The normalized spacial score (nSPS) is 10.9. The van der Waals surface area contributed by atoms with E-state index in [2.05, 4.69) is 39.0 Å². The summed E-state index contributed by atoms with van der Waals surface area (Å²) in [5.41, 5.74) is 4.76. The first-order valence-corrected chi connectivity index (χ1v) is 8.84. The van der Waals surface area contributed by atoms with E-state index >= 15 is 0 Å². The van der Waals surface area contributed by atoms with Crippen LogP contribution in [0.1, 0.15) is 88.8 Å². The fourth-order valence-corrected chi connectivity index (χ4v) is 2.84. The molecule has 0 N–H and O–H groups in total. The Balaban J connectivity index is 2.73. The van der Waals surface area contributed by atoms with Crippen LogP contribution in [-0.2, 0) is 19.3 Å². The van der Waals surface area contributed by atoms with E-state index in [9.17, 15) is 0 Å². The van der Waals surface area contributed by atoms with Gasteiger partial charge in [0.2, 0.25) is 0 Å². The highest BCUT2D eigenvalue weighted by molar-refractivity contribution is 5.35. The summed E-state index contributed by atoms with van der Waals surface area (Å²) in [5, 5.41) is 0. The van der Waals surface area contributed by atoms with Gasteiger partial charge in [0, 0.05) is 0 Å². The van der Waals surface area contributed by atoms with Crippen LogP contribution in [0.4, 0.5) is 0 Å². The molecule has 1 aromatic rings. The minimum atomic E-state index is 1.24. The Morgan fingerprint density at radius 3 is 2.15 bits per heavy atom. The van der Waals surface area contributed by atoms with Gasteiger partial charge in [-0.3, -0.25) is 0 Å². The van der Waals surface area contributed by atoms with Crippen molar-refractivity contribution in [2.24, 2.45) is 0 Å². The number of hydrogen-bond donors (Lipinski definition) is 0. The van der Waals surface area contributed by atoms with Gasteiger partial charge in [-0.1, -0.05) is 65.0 Å². The van der Waals surface area contributed by atoms with Crippen LogP contribution >= 0.6 is 0 Å². The highest BCUT2D eigenvalue weighted by Crippen LogP contribution is 2.21. The van der Waals surface area contributed by atoms with Crippen LogP contribution in [0, 0.1) is 6.07 Å². The third-order valence-electron chi connectivity index (χ3n) is 4.15. The summed E-state index contributed by atoms with van der Waals surface area (Å²) in [6.45, 7) is 6.86. The van der Waals surface area contributed by atoms with E-state index in [1.165, 1.54) is 76.2 Å². The average molecular weight is 273 g/mol. The molecule has 0 unspecified atom stereocenters. The van der Waals surface area contributed by atoms with Crippen molar-refractivity contribution in [3.63, 3.8) is 0 Å². The van der Waals surface area contributed by atoms with Gasteiger partial charge in [0.15, 0.2) is 0 Å². The van der Waals surface area contributed by atoms with E-state index in [-0.39, 0.29) is 0 Å². The van der Waals surface area contributed by atoms with Crippen LogP contribution in [0.2, 0.25) is 0 Å². The van der Waals surface area contributed by atoms with E-state index in [0.29, 0.717) is 0 Å². The maximum absolute atomic E-state index is 3.54. The molecule has 0 aliphatic carbocycles. The molecule has 0 heterocycles. The third-order valence-corrected chi connectivity index (χ3v) is 4.15. The predicted molar refractivity (Wildman–Crippen MR) is 90.3 cm³/mol. The first-order valence-electron chi connectivity index (χ1n) is 8.84. The summed E-state index contributed by atoms with van der Waals surface area (Å²) in [6.07, 6.45) is 14.4. The van der Waals surface area contributed by atoms with Gasteiger partial charge in [-0.05, 0) is 61.3 Å². The lowest BCUT2D eigenvalue weighted by Gasteiger charge is -2.14. The first-order chi connectivity index (χ1) is 9.83. The van der Waals surface area contributed by atoms with Gasteiger partial charge in [-0.15, -0.1) is 0 Å². The van der Waals surface area contributed by atoms with Crippen LogP contribution in [0.5, 0.6) is 0 Å². The Labute approximate surface area is 127 Å². The standard InChI is InChI=1S/C20H33/c1-4-7-10-11-14-19-16-12-15-18(13-8-5-2)20(19)17-9-6-3/h12,15H,4-11,13-14,17H2,1-3H3. The number of rotatable bonds is 11. The quantitative estimate of drug-likeness (QED) is 0.415. The largest absolute Gasteiger partial charge is 0.0654 e. The Bertz CT molecular complexity index is 351. The molecule has 0 amide bonds. The molecule has 1 radical (unpaired) electrons. The first kappa shape index (κ1) is 17.3. The van der Waals surface area contributed by atoms with Gasteiger partial charge in [-0.2, -0.15) is 0 Å². The Hall–Kier alpha value is -0.780. The van der Waals surface area contributed by atoms with Gasteiger partial charge < -0.3 is 0 Å². The second kappa shape index (κ2) is 10.9. The summed E-state index contributed by atoms with van der Waals surface area (Å²) in [6, 6.07) is 8.02. The van der Waals surface area contributed by atoms with Crippen molar-refractivity contribution < 1.29 is 0 Å². The van der Waals surface area contributed by atoms with Crippen molar-refractivity contribution in [1.29, 1.82) is 0 Å². The van der Waals surface area contributed by atoms with Crippen molar-refractivity contribution in [2.45, 2.75) is 91.4 Å². The molecule has 0 heteroatoms. The van der Waals surface area contributed by atoms with Crippen molar-refractivity contribution in [1.82, 2.24) is 0 Å². The van der Waals surface area contributed by atoms with Crippen LogP contribution in [0.25, 0.3) is 0 Å². The van der Waals surface area contributed by atoms with Gasteiger partial charge in [0.25, 0.3) is 0 Å². The molecule has 20 heavy (non-hydrogen) atoms. The zero-order chi connectivity index (χ0) is 14.6. The zero-order valence-electron chi connectivity index (χ0n) is 13.9. The van der Waals surface area contributed by atoms with E-state index in [4.69, 9.17) is 0 Å². The van der Waals surface area contributed by atoms with Gasteiger partial charge >= 0.3 is 0 Å². The average Bonchev–Trinajstić information content (AvgIpc) is 2.48. The van der Waals surface area contributed by atoms with E-state index < -0.39 is 0 Å². The molecule has 0 aromatic heterocycles. The molecule has 1 aromatic carbocycles. The van der Waals surface area contributed by atoms with Crippen molar-refractivity contribution in [3.05, 3.63) is 34.9 Å². The minimum Gasteiger partial charge on any atom is -0.0654 e. The molecular formula is C20H33. The van der Waals surface area contributed by atoms with E-state index in [1.807, 2.05) is 0 Å². The summed E-state index contributed by atoms with van der Waals surface area (Å²) in [4.78, 5) is 0.